The number of carbonyl (C=O) groups is 1. The molecule has 1 amide bonds. The molecular weight excluding hydrogens is 318 g/mol. The minimum absolute atomic E-state index is 0.143. The van der Waals surface area contributed by atoms with E-state index in [0.717, 1.165) is 28.8 Å². The molecule has 1 aromatic heterocycles. The Labute approximate surface area is 125 Å². The van der Waals surface area contributed by atoms with Gasteiger partial charge in [-0.05, 0) is 59.1 Å². The first-order chi connectivity index (χ1) is 9.63. The zero-order valence-electron chi connectivity index (χ0n) is 11.0. The first kappa shape index (κ1) is 13.1. The van der Waals surface area contributed by atoms with Crippen molar-refractivity contribution in [3.63, 3.8) is 0 Å². The van der Waals surface area contributed by atoms with Crippen molar-refractivity contribution in [2.24, 2.45) is 0 Å². The van der Waals surface area contributed by atoms with Gasteiger partial charge in [-0.15, -0.1) is 0 Å². The zero-order valence-corrected chi connectivity index (χ0v) is 12.6. The van der Waals surface area contributed by atoms with Crippen molar-refractivity contribution in [3.05, 3.63) is 51.6 Å². The van der Waals surface area contributed by atoms with Crippen LogP contribution in [0.1, 0.15) is 21.6 Å². The zero-order chi connectivity index (χ0) is 14.1. The summed E-state index contributed by atoms with van der Waals surface area (Å²) in [5, 5.41) is 6.09. The van der Waals surface area contributed by atoms with Gasteiger partial charge in [0.05, 0.1) is 5.69 Å². The number of nitrogens with zero attached hydrogens (tertiary/aromatic N) is 1. The SMILES string of the molecule is Cc1nc(NC(=O)c2ccc3c(c2)NCC3)ccc1Br. The number of hydrogen-bond acceptors (Lipinski definition) is 3. The van der Waals surface area contributed by atoms with Gasteiger partial charge in [-0.25, -0.2) is 4.98 Å². The van der Waals surface area contributed by atoms with Crippen LogP contribution in [0.4, 0.5) is 11.5 Å². The molecule has 0 unspecified atom stereocenters. The predicted octanol–water partition coefficient (Wildman–Crippen LogP) is 3.37. The maximum Gasteiger partial charge on any atom is 0.256 e. The average molecular weight is 332 g/mol. The second kappa shape index (κ2) is 5.25. The number of anilines is 2. The Bertz CT molecular complexity index is 685. The van der Waals surface area contributed by atoms with E-state index < -0.39 is 0 Å². The number of nitrogens with one attached hydrogen (secondary N) is 2. The van der Waals surface area contributed by atoms with Gasteiger partial charge in [-0.1, -0.05) is 6.07 Å². The van der Waals surface area contributed by atoms with E-state index in [1.165, 1.54) is 5.56 Å². The minimum atomic E-state index is -0.143. The Kier molecular flexibility index (Phi) is 3.44. The summed E-state index contributed by atoms with van der Waals surface area (Å²) >= 11 is 3.39. The number of hydrogen-bond donors (Lipinski definition) is 2. The fourth-order valence-corrected chi connectivity index (χ4v) is 2.46. The van der Waals surface area contributed by atoms with Crippen LogP contribution in [0, 0.1) is 6.92 Å². The topological polar surface area (TPSA) is 54.0 Å². The van der Waals surface area contributed by atoms with Crippen molar-refractivity contribution in [1.29, 1.82) is 0 Å². The molecule has 0 radical (unpaired) electrons. The van der Waals surface area contributed by atoms with E-state index in [1.807, 2.05) is 31.2 Å². The highest BCUT2D eigenvalue weighted by atomic mass is 79.9. The van der Waals surface area contributed by atoms with Gasteiger partial charge in [0.15, 0.2) is 0 Å². The van der Waals surface area contributed by atoms with Gasteiger partial charge in [0.2, 0.25) is 0 Å². The number of aromatic nitrogens is 1. The summed E-state index contributed by atoms with van der Waals surface area (Å²) in [6.07, 6.45) is 1.02. The van der Waals surface area contributed by atoms with Crippen LogP contribution in [0.3, 0.4) is 0 Å². The third-order valence-electron chi connectivity index (χ3n) is 3.34. The van der Waals surface area contributed by atoms with Crippen LogP contribution < -0.4 is 10.6 Å². The number of rotatable bonds is 2. The summed E-state index contributed by atoms with van der Waals surface area (Å²) in [7, 11) is 0. The molecule has 4 nitrogen and oxygen atoms in total. The Balaban J connectivity index is 1.80. The standard InChI is InChI=1S/C15H14BrN3O/c1-9-12(16)4-5-14(18-9)19-15(20)11-3-2-10-6-7-17-13(10)8-11/h2-5,8,17H,6-7H2,1H3,(H,18,19,20). The summed E-state index contributed by atoms with van der Waals surface area (Å²) in [6, 6.07) is 9.41. The van der Waals surface area contributed by atoms with E-state index in [1.54, 1.807) is 6.07 Å². The van der Waals surface area contributed by atoms with Crippen LogP contribution in [-0.4, -0.2) is 17.4 Å². The van der Waals surface area contributed by atoms with E-state index in [4.69, 9.17) is 0 Å². The quantitative estimate of drug-likeness (QED) is 0.887. The molecule has 0 fully saturated rings. The summed E-state index contributed by atoms with van der Waals surface area (Å²) in [4.78, 5) is 16.5. The summed E-state index contributed by atoms with van der Waals surface area (Å²) in [6.45, 7) is 2.83. The Morgan fingerprint density at radius 1 is 1.35 bits per heavy atom. The molecule has 0 saturated carbocycles. The lowest BCUT2D eigenvalue weighted by Gasteiger charge is -2.07. The summed E-state index contributed by atoms with van der Waals surface area (Å²) < 4.78 is 0.928. The molecule has 1 aromatic carbocycles. The third kappa shape index (κ3) is 2.54. The van der Waals surface area contributed by atoms with Crippen molar-refractivity contribution in [1.82, 2.24) is 4.98 Å². The van der Waals surface area contributed by atoms with Gasteiger partial charge in [0.25, 0.3) is 5.91 Å². The maximum atomic E-state index is 12.2. The first-order valence-electron chi connectivity index (χ1n) is 6.45. The number of aryl methyl sites for hydroxylation is 1. The molecule has 2 heterocycles. The van der Waals surface area contributed by atoms with Crippen LogP contribution in [0.25, 0.3) is 0 Å². The van der Waals surface area contributed by atoms with E-state index in [2.05, 4.69) is 31.5 Å². The van der Waals surface area contributed by atoms with Gasteiger partial charge < -0.3 is 10.6 Å². The van der Waals surface area contributed by atoms with Crippen molar-refractivity contribution in [2.75, 3.05) is 17.2 Å². The number of benzene rings is 1. The van der Waals surface area contributed by atoms with Crippen LogP contribution in [-0.2, 0) is 6.42 Å². The number of amides is 1. The maximum absolute atomic E-state index is 12.2. The van der Waals surface area contributed by atoms with Gasteiger partial charge in [-0.2, -0.15) is 0 Å². The second-order valence-electron chi connectivity index (χ2n) is 4.77. The van der Waals surface area contributed by atoms with Crippen molar-refractivity contribution >= 4 is 33.3 Å². The molecule has 1 aliphatic heterocycles. The Morgan fingerprint density at radius 3 is 3.00 bits per heavy atom. The molecule has 0 atom stereocenters. The average Bonchev–Trinajstić information content (AvgIpc) is 2.90. The molecule has 1 aliphatic rings. The molecule has 2 N–H and O–H groups in total. The van der Waals surface area contributed by atoms with Crippen LogP contribution in [0.2, 0.25) is 0 Å². The van der Waals surface area contributed by atoms with E-state index in [9.17, 15) is 4.79 Å². The molecule has 0 spiro atoms. The van der Waals surface area contributed by atoms with E-state index >= 15 is 0 Å². The molecule has 20 heavy (non-hydrogen) atoms. The highest BCUT2D eigenvalue weighted by Gasteiger charge is 2.14. The number of fused-ring (bicyclic) bond motifs is 1. The largest absolute Gasteiger partial charge is 0.384 e. The van der Waals surface area contributed by atoms with Crippen molar-refractivity contribution < 1.29 is 4.79 Å². The summed E-state index contributed by atoms with van der Waals surface area (Å²) in [5.41, 5.74) is 3.80. The molecule has 0 saturated heterocycles. The lowest BCUT2D eigenvalue weighted by molar-refractivity contribution is 0.102. The second-order valence-corrected chi connectivity index (χ2v) is 5.62. The minimum Gasteiger partial charge on any atom is -0.384 e. The van der Waals surface area contributed by atoms with Crippen molar-refractivity contribution in [3.8, 4) is 0 Å². The lowest BCUT2D eigenvalue weighted by Crippen LogP contribution is -2.13. The third-order valence-corrected chi connectivity index (χ3v) is 4.18. The van der Waals surface area contributed by atoms with E-state index in [-0.39, 0.29) is 5.91 Å². The fraction of sp³-hybridized carbons (Fsp3) is 0.200. The first-order valence-corrected chi connectivity index (χ1v) is 7.24. The summed E-state index contributed by atoms with van der Waals surface area (Å²) in [5.74, 6) is 0.417. The number of halogens is 1. The molecule has 0 aliphatic carbocycles. The Hall–Kier alpha value is -1.88. The molecule has 102 valence electrons. The molecule has 0 bridgehead atoms. The van der Waals surface area contributed by atoms with Gasteiger partial charge in [0, 0.05) is 22.3 Å². The van der Waals surface area contributed by atoms with Crippen molar-refractivity contribution in [2.45, 2.75) is 13.3 Å². The molecule has 2 aromatic rings. The highest BCUT2D eigenvalue weighted by molar-refractivity contribution is 9.10. The van der Waals surface area contributed by atoms with Gasteiger partial charge in [0.1, 0.15) is 5.82 Å². The number of pyridine rings is 1. The molecule has 3 rings (SSSR count). The fourth-order valence-electron chi connectivity index (χ4n) is 2.23. The monoisotopic (exact) mass is 331 g/mol. The van der Waals surface area contributed by atoms with Gasteiger partial charge >= 0.3 is 0 Å². The van der Waals surface area contributed by atoms with Crippen LogP contribution in [0.5, 0.6) is 0 Å². The Morgan fingerprint density at radius 2 is 2.20 bits per heavy atom. The van der Waals surface area contributed by atoms with Crippen LogP contribution in [0.15, 0.2) is 34.8 Å². The molecular formula is C15H14BrN3O. The molecule has 5 heteroatoms. The number of carbonyl (C=O) groups excluding carboxylic acids is 1. The normalized spacial score (nSPS) is 12.7. The van der Waals surface area contributed by atoms with Crippen LogP contribution >= 0.6 is 15.9 Å². The highest BCUT2D eigenvalue weighted by Crippen LogP contribution is 2.24. The predicted molar refractivity (Wildman–Crippen MR) is 83.3 cm³/mol. The smallest absolute Gasteiger partial charge is 0.256 e. The van der Waals surface area contributed by atoms with E-state index in [0.29, 0.717) is 11.4 Å². The lowest BCUT2D eigenvalue weighted by atomic mass is 10.1. The van der Waals surface area contributed by atoms with Gasteiger partial charge in [-0.3, -0.25) is 4.79 Å².